The van der Waals surface area contributed by atoms with E-state index in [4.69, 9.17) is 0 Å². The maximum atomic E-state index is 13.6. The molecule has 1 N–H and O–H groups in total. The highest BCUT2D eigenvalue weighted by Crippen LogP contribution is 2.35. The minimum absolute atomic E-state index is 0.156. The topological polar surface area (TPSA) is 35.6 Å². The number of hydrogen-bond acceptors (Lipinski definition) is 2. The molecule has 0 aliphatic rings. The van der Waals surface area contributed by atoms with Crippen LogP contribution in [0.3, 0.4) is 0 Å². The lowest BCUT2D eigenvalue weighted by Crippen LogP contribution is -2.46. The average molecular weight is 339 g/mol. The molecule has 1 aromatic carbocycles. The van der Waals surface area contributed by atoms with Crippen LogP contribution >= 0.6 is 0 Å². The molecule has 23 heavy (non-hydrogen) atoms. The lowest BCUT2D eigenvalue weighted by atomic mass is 10.1. The minimum Gasteiger partial charge on any atom is -0.327 e. The summed E-state index contributed by atoms with van der Waals surface area (Å²) in [7, 11) is 4.77. The molecular formula is C14H18F5N3O. The summed E-state index contributed by atoms with van der Waals surface area (Å²) in [5.74, 6) is -2.74. The zero-order valence-electron chi connectivity index (χ0n) is 12.9. The summed E-state index contributed by atoms with van der Waals surface area (Å²) in [6.45, 7) is 0.581. The lowest BCUT2D eigenvalue weighted by molar-refractivity contribution is -0.156. The number of hydrogen-bond donors (Lipinski definition) is 1. The van der Waals surface area contributed by atoms with Gasteiger partial charge >= 0.3 is 12.2 Å². The van der Waals surface area contributed by atoms with E-state index in [1.54, 1.807) is 24.3 Å². The van der Waals surface area contributed by atoms with Gasteiger partial charge in [0.1, 0.15) is 11.6 Å². The first kappa shape index (κ1) is 19.1. The third-order valence-electron chi connectivity index (χ3n) is 3.11. The molecule has 0 aliphatic carbocycles. The number of halogens is 5. The Labute approximate surface area is 130 Å². The molecule has 1 atom stereocenters. The Kier molecular flexibility index (Phi) is 6.31. The number of benzene rings is 1. The Bertz CT molecular complexity index is 527. The van der Waals surface area contributed by atoms with Gasteiger partial charge in [0.15, 0.2) is 6.04 Å². The largest absolute Gasteiger partial charge is 0.413 e. The molecule has 0 unspecified atom stereocenters. The van der Waals surface area contributed by atoms with Crippen molar-refractivity contribution in [2.24, 2.45) is 0 Å². The van der Waals surface area contributed by atoms with Gasteiger partial charge in [-0.2, -0.15) is 13.2 Å². The van der Waals surface area contributed by atoms with Gasteiger partial charge in [-0.1, -0.05) is 6.07 Å². The molecule has 0 heterocycles. The van der Waals surface area contributed by atoms with Gasteiger partial charge in [0.25, 0.3) is 0 Å². The number of amides is 2. The van der Waals surface area contributed by atoms with Gasteiger partial charge in [0.05, 0.1) is 5.56 Å². The first-order chi connectivity index (χ1) is 10.5. The fourth-order valence-electron chi connectivity index (χ4n) is 1.79. The normalized spacial score (nSPS) is 13.1. The zero-order valence-corrected chi connectivity index (χ0v) is 12.9. The van der Waals surface area contributed by atoms with Crippen molar-refractivity contribution in [1.29, 1.82) is 0 Å². The summed E-state index contributed by atoms with van der Waals surface area (Å²) in [5.41, 5.74) is -1.23. The summed E-state index contributed by atoms with van der Waals surface area (Å²) in [4.78, 5) is 14.6. The molecule has 9 heteroatoms. The second-order valence-electron chi connectivity index (χ2n) is 5.28. The van der Waals surface area contributed by atoms with E-state index in [1.165, 1.54) is 7.05 Å². The van der Waals surface area contributed by atoms with E-state index in [0.717, 1.165) is 11.0 Å². The molecule has 0 aromatic heterocycles. The number of likely N-dealkylation sites (N-methyl/N-ethyl adjacent to an activating group) is 2. The molecule has 0 spiro atoms. The predicted molar refractivity (Wildman–Crippen MR) is 74.9 cm³/mol. The molecule has 0 bridgehead atoms. The quantitative estimate of drug-likeness (QED) is 0.838. The molecule has 0 radical (unpaired) electrons. The van der Waals surface area contributed by atoms with Gasteiger partial charge in [-0.05, 0) is 26.2 Å². The van der Waals surface area contributed by atoms with E-state index in [1.807, 2.05) is 0 Å². The van der Waals surface area contributed by atoms with E-state index < -0.39 is 35.4 Å². The highest BCUT2D eigenvalue weighted by atomic mass is 19.4. The Morgan fingerprint density at radius 3 is 2.09 bits per heavy atom. The van der Waals surface area contributed by atoms with Gasteiger partial charge in [-0.15, -0.1) is 0 Å². The highest BCUT2D eigenvalue weighted by Gasteiger charge is 2.45. The Hall–Kier alpha value is -1.90. The predicted octanol–water partition coefficient (Wildman–Crippen LogP) is 2.77. The molecule has 0 saturated carbocycles. The van der Waals surface area contributed by atoms with Gasteiger partial charge < -0.3 is 15.1 Å². The van der Waals surface area contributed by atoms with Crippen molar-refractivity contribution in [1.82, 2.24) is 15.1 Å². The summed E-state index contributed by atoms with van der Waals surface area (Å²) in [6.07, 6.45) is -5.04. The van der Waals surface area contributed by atoms with Crippen LogP contribution in [0.4, 0.5) is 26.7 Å². The van der Waals surface area contributed by atoms with Gasteiger partial charge in [0.2, 0.25) is 0 Å². The minimum atomic E-state index is -5.04. The van der Waals surface area contributed by atoms with Crippen LogP contribution in [-0.4, -0.2) is 56.2 Å². The molecule has 2 amide bonds. The number of nitrogens with one attached hydrogen (secondary N) is 1. The molecular weight excluding hydrogens is 321 g/mol. The van der Waals surface area contributed by atoms with Crippen LogP contribution in [0.1, 0.15) is 11.6 Å². The summed E-state index contributed by atoms with van der Waals surface area (Å²) < 4.78 is 66.6. The molecule has 0 aliphatic heterocycles. The molecule has 0 fully saturated rings. The molecule has 0 saturated heterocycles. The van der Waals surface area contributed by atoms with E-state index in [0.29, 0.717) is 18.7 Å². The number of rotatable bonds is 5. The van der Waals surface area contributed by atoms with Crippen LogP contribution in [0.2, 0.25) is 0 Å². The number of carbonyl (C=O) groups is 1. The first-order valence-corrected chi connectivity index (χ1v) is 6.71. The van der Waals surface area contributed by atoms with Crippen LogP contribution in [0, 0.1) is 11.6 Å². The average Bonchev–Trinajstić information content (AvgIpc) is 2.42. The molecule has 1 aromatic rings. The molecule has 4 nitrogen and oxygen atoms in total. The van der Waals surface area contributed by atoms with E-state index in [9.17, 15) is 26.7 Å². The number of alkyl halides is 3. The van der Waals surface area contributed by atoms with Crippen molar-refractivity contribution in [3.8, 4) is 0 Å². The number of carbonyl (C=O) groups excluding carboxylic acids is 1. The fourth-order valence-corrected chi connectivity index (χ4v) is 1.79. The van der Waals surface area contributed by atoms with Crippen molar-refractivity contribution in [2.45, 2.75) is 12.2 Å². The van der Waals surface area contributed by atoms with Crippen LogP contribution in [0.25, 0.3) is 0 Å². The highest BCUT2D eigenvalue weighted by molar-refractivity contribution is 5.74. The SMILES string of the molecule is CN(C)CCN(C)C(=O)N[C@H](c1c(F)cccc1F)C(F)(F)F. The Morgan fingerprint density at radius 1 is 1.13 bits per heavy atom. The van der Waals surface area contributed by atoms with Crippen molar-refractivity contribution >= 4 is 6.03 Å². The third kappa shape index (κ3) is 5.34. The Morgan fingerprint density at radius 2 is 1.65 bits per heavy atom. The summed E-state index contributed by atoms with van der Waals surface area (Å²) in [6, 6.07) is -1.47. The fraction of sp³-hybridized carbons (Fsp3) is 0.500. The van der Waals surface area contributed by atoms with Crippen molar-refractivity contribution in [3.63, 3.8) is 0 Å². The second-order valence-corrected chi connectivity index (χ2v) is 5.28. The summed E-state index contributed by atoms with van der Waals surface area (Å²) in [5, 5.41) is 1.64. The zero-order chi connectivity index (χ0) is 17.8. The molecule has 130 valence electrons. The standard InChI is InChI=1S/C14H18F5N3O/c1-21(2)7-8-22(3)13(23)20-12(14(17,18)19)11-9(15)5-4-6-10(11)16/h4-6,12H,7-8H2,1-3H3,(H,20,23)/t12-/m1/s1. The molecule has 1 rings (SSSR count). The first-order valence-electron chi connectivity index (χ1n) is 6.71. The lowest BCUT2D eigenvalue weighted by Gasteiger charge is -2.26. The van der Waals surface area contributed by atoms with E-state index in [2.05, 4.69) is 0 Å². The van der Waals surface area contributed by atoms with Gasteiger partial charge in [-0.3, -0.25) is 0 Å². The second kappa shape index (κ2) is 7.58. The van der Waals surface area contributed by atoms with Crippen molar-refractivity contribution < 1.29 is 26.7 Å². The van der Waals surface area contributed by atoms with Gasteiger partial charge in [0, 0.05) is 20.1 Å². The van der Waals surface area contributed by atoms with Crippen LogP contribution in [0.15, 0.2) is 18.2 Å². The monoisotopic (exact) mass is 339 g/mol. The van der Waals surface area contributed by atoms with Crippen LogP contribution in [0.5, 0.6) is 0 Å². The summed E-state index contributed by atoms with van der Waals surface area (Å²) >= 11 is 0. The van der Waals surface area contributed by atoms with Crippen molar-refractivity contribution in [2.75, 3.05) is 34.2 Å². The third-order valence-corrected chi connectivity index (χ3v) is 3.11. The van der Waals surface area contributed by atoms with Gasteiger partial charge in [-0.25, -0.2) is 13.6 Å². The maximum Gasteiger partial charge on any atom is 0.413 e. The van der Waals surface area contributed by atoms with E-state index >= 15 is 0 Å². The number of urea groups is 1. The van der Waals surface area contributed by atoms with Crippen LogP contribution < -0.4 is 5.32 Å². The van der Waals surface area contributed by atoms with Crippen LogP contribution in [-0.2, 0) is 0 Å². The maximum absolute atomic E-state index is 13.6. The smallest absolute Gasteiger partial charge is 0.327 e. The Balaban J connectivity index is 2.99. The number of nitrogens with zero attached hydrogens (tertiary/aromatic N) is 2. The van der Waals surface area contributed by atoms with Crippen molar-refractivity contribution in [3.05, 3.63) is 35.4 Å². The van der Waals surface area contributed by atoms with E-state index in [-0.39, 0.29) is 6.54 Å².